The summed E-state index contributed by atoms with van der Waals surface area (Å²) in [4.78, 5) is 18.5. The number of amides is 1. The molecule has 0 saturated carbocycles. The Bertz CT molecular complexity index is 759. The molecule has 1 saturated heterocycles. The average molecular weight is 327 g/mol. The van der Waals surface area contributed by atoms with Crippen molar-refractivity contribution in [3.8, 4) is 11.5 Å². The summed E-state index contributed by atoms with van der Waals surface area (Å²) in [6.45, 7) is 2.58. The van der Waals surface area contributed by atoms with Crippen LogP contribution >= 0.6 is 0 Å². The molecule has 7 nitrogen and oxygen atoms in total. The maximum Gasteiger partial charge on any atom is 0.272 e. The molecule has 1 fully saturated rings. The van der Waals surface area contributed by atoms with Crippen LogP contribution in [0.3, 0.4) is 0 Å². The highest BCUT2D eigenvalue weighted by atomic mass is 16.7. The van der Waals surface area contributed by atoms with Crippen molar-refractivity contribution in [2.75, 3.05) is 38.4 Å². The van der Waals surface area contributed by atoms with Gasteiger partial charge >= 0.3 is 0 Å². The zero-order chi connectivity index (χ0) is 16.4. The first-order valence-corrected chi connectivity index (χ1v) is 7.79. The molecular weight excluding hydrogens is 310 g/mol. The summed E-state index contributed by atoms with van der Waals surface area (Å²) in [5.74, 6) is 1.37. The molecule has 1 aromatic heterocycles. The highest BCUT2D eigenvalue weighted by Gasteiger charge is 2.20. The summed E-state index contributed by atoms with van der Waals surface area (Å²) in [5.41, 5.74) is 2.07. The number of nitrogens with one attached hydrogen (secondary N) is 1. The lowest BCUT2D eigenvalue weighted by Crippen LogP contribution is -2.41. The number of pyridine rings is 1. The molecular formula is C17H17N3O4. The van der Waals surface area contributed by atoms with Crippen molar-refractivity contribution in [2.45, 2.75) is 0 Å². The van der Waals surface area contributed by atoms with Gasteiger partial charge in [0, 0.05) is 36.7 Å². The van der Waals surface area contributed by atoms with Gasteiger partial charge in [-0.05, 0) is 24.3 Å². The number of aromatic nitrogens is 1. The van der Waals surface area contributed by atoms with Gasteiger partial charge in [0.25, 0.3) is 5.91 Å². The van der Waals surface area contributed by atoms with Crippen LogP contribution in [0, 0.1) is 0 Å². The van der Waals surface area contributed by atoms with Gasteiger partial charge in [-0.3, -0.25) is 9.78 Å². The number of rotatable bonds is 3. The van der Waals surface area contributed by atoms with Gasteiger partial charge in [0.15, 0.2) is 11.5 Å². The van der Waals surface area contributed by atoms with Crippen LogP contribution in [0.2, 0.25) is 0 Å². The third-order valence-corrected chi connectivity index (χ3v) is 3.94. The topological polar surface area (TPSA) is 72.9 Å². The van der Waals surface area contributed by atoms with Crippen molar-refractivity contribution in [3.05, 3.63) is 42.2 Å². The Labute approximate surface area is 139 Å². The minimum atomic E-state index is -0.0763. The molecule has 0 radical (unpaired) electrons. The lowest BCUT2D eigenvalue weighted by molar-refractivity contribution is 0.0299. The van der Waals surface area contributed by atoms with Crippen molar-refractivity contribution in [1.82, 2.24) is 9.88 Å². The molecule has 0 spiro atoms. The van der Waals surface area contributed by atoms with Crippen molar-refractivity contribution < 1.29 is 19.0 Å². The number of nitrogens with zero attached hydrogens (tertiary/aromatic N) is 2. The van der Waals surface area contributed by atoms with Gasteiger partial charge in [-0.15, -0.1) is 0 Å². The van der Waals surface area contributed by atoms with Crippen molar-refractivity contribution in [2.24, 2.45) is 0 Å². The number of carbonyl (C=O) groups is 1. The van der Waals surface area contributed by atoms with Crippen molar-refractivity contribution in [3.63, 3.8) is 0 Å². The number of anilines is 2. The van der Waals surface area contributed by atoms with E-state index in [0.29, 0.717) is 37.7 Å². The Morgan fingerprint density at radius 2 is 1.83 bits per heavy atom. The number of benzene rings is 1. The van der Waals surface area contributed by atoms with Gasteiger partial charge < -0.3 is 24.4 Å². The van der Waals surface area contributed by atoms with E-state index in [1.165, 1.54) is 0 Å². The molecule has 0 bridgehead atoms. The molecule has 0 aliphatic carbocycles. The summed E-state index contributed by atoms with van der Waals surface area (Å²) >= 11 is 0. The average Bonchev–Trinajstić information content (AvgIpc) is 3.10. The maximum absolute atomic E-state index is 12.5. The first-order valence-electron chi connectivity index (χ1n) is 7.79. The zero-order valence-corrected chi connectivity index (χ0v) is 13.0. The third-order valence-electron chi connectivity index (χ3n) is 3.94. The number of hydrogen-bond acceptors (Lipinski definition) is 6. The monoisotopic (exact) mass is 327 g/mol. The number of fused-ring (bicyclic) bond motifs is 1. The van der Waals surface area contributed by atoms with E-state index in [1.807, 2.05) is 24.3 Å². The van der Waals surface area contributed by atoms with E-state index in [2.05, 4.69) is 10.3 Å². The molecule has 24 heavy (non-hydrogen) atoms. The summed E-state index contributed by atoms with van der Waals surface area (Å²) in [7, 11) is 0. The zero-order valence-electron chi connectivity index (χ0n) is 13.0. The van der Waals surface area contributed by atoms with Crippen LogP contribution in [0.4, 0.5) is 11.4 Å². The van der Waals surface area contributed by atoms with Crippen LogP contribution in [-0.2, 0) is 4.74 Å². The van der Waals surface area contributed by atoms with Gasteiger partial charge in [0.05, 0.1) is 13.2 Å². The van der Waals surface area contributed by atoms with Gasteiger partial charge in [-0.2, -0.15) is 0 Å². The molecule has 1 amide bonds. The van der Waals surface area contributed by atoms with E-state index in [1.54, 1.807) is 17.2 Å². The Morgan fingerprint density at radius 3 is 2.71 bits per heavy atom. The molecule has 0 atom stereocenters. The molecule has 4 rings (SSSR count). The Kier molecular flexibility index (Phi) is 3.92. The lowest BCUT2D eigenvalue weighted by atomic mass is 10.2. The second-order valence-corrected chi connectivity index (χ2v) is 5.53. The summed E-state index contributed by atoms with van der Waals surface area (Å²) < 4.78 is 15.9. The fourth-order valence-electron chi connectivity index (χ4n) is 2.69. The first-order chi connectivity index (χ1) is 11.8. The van der Waals surface area contributed by atoms with E-state index in [0.717, 1.165) is 17.1 Å². The predicted octanol–water partition coefficient (Wildman–Crippen LogP) is 2.03. The van der Waals surface area contributed by atoms with Gasteiger partial charge in [0.1, 0.15) is 5.69 Å². The minimum absolute atomic E-state index is 0.0763. The minimum Gasteiger partial charge on any atom is -0.454 e. The van der Waals surface area contributed by atoms with Crippen molar-refractivity contribution in [1.29, 1.82) is 0 Å². The molecule has 2 aliphatic rings. The lowest BCUT2D eigenvalue weighted by Gasteiger charge is -2.26. The Hall–Kier alpha value is -2.80. The summed E-state index contributed by atoms with van der Waals surface area (Å²) in [6, 6.07) is 9.19. The van der Waals surface area contributed by atoms with E-state index < -0.39 is 0 Å². The number of hydrogen-bond donors (Lipinski definition) is 1. The molecule has 1 N–H and O–H groups in total. The first kappa shape index (κ1) is 14.8. The van der Waals surface area contributed by atoms with Crippen LogP contribution in [0.15, 0.2) is 36.5 Å². The molecule has 7 heteroatoms. The van der Waals surface area contributed by atoms with E-state index in [9.17, 15) is 4.79 Å². The SMILES string of the molecule is O=C(c1cc(Nc2ccc3c(c2)OCO3)ccn1)N1CCOCC1. The quantitative estimate of drug-likeness (QED) is 0.930. The highest BCUT2D eigenvalue weighted by molar-refractivity contribution is 5.93. The molecule has 1 aromatic carbocycles. The van der Waals surface area contributed by atoms with Crippen LogP contribution in [0.5, 0.6) is 11.5 Å². The summed E-state index contributed by atoms with van der Waals surface area (Å²) in [5, 5.41) is 3.26. The number of carbonyl (C=O) groups excluding carboxylic acids is 1. The van der Waals surface area contributed by atoms with Crippen LogP contribution < -0.4 is 14.8 Å². The largest absolute Gasteiger partial charge is 0.454 e. The Morgan fingerprint density at radius 1 is 1.04 bits per heavy atom. The van der Waals surface area contributed by atoms with E-state index in [-0.39, 0.29) is 12.7 Å². The van der Waals surface area contributed by atoms with Gasteiger partial charge in [-0.1, -0.05) is 0 Å². The van der Waals surface area contributed by atoms with E-state index in [4.69, 9.17) is 14.2 Å². The van der Waals surface area contributed by atoms with Crippen LogP contribution in [-0.4, -0.2) is 48.9 Å². The molecule has 2 aromatic rings. The number of morpholine rings is 1. The standard InChI is InChI=1S/C17H17N3O4/c21-17(20-5-7-22-8-6-20)14-9-13(3-4-18-14)19-12-1-2-15-16(10-12)24-11-23-15/h1-4,9-10H,5-8,11H2,(H,18,19). The van der Waals surface area contributed by atoms with Crippen LogP contribution in [0.1, 0.15) is 10.5 Å². The molecule has 0 unspecified atom stereocenters. The second kappa shape index (κ2) is 6.37. The summed E-state index contributed by atoms with van der Waals surface area (Å²) in [6.07, 6.45) is 1.63. The van der Waals surface area contributed by atoms with Crippen molar-refractivity contribution >= 4 is 17.3 Å². The smallest absolute Gasteiger partial charge is 0.272 e. The van der Waals surface area contributed by atoms with Crippen LogP contribution in [0.25, 0.3) is 0 Å². The Balaban J connectivity index is 1.51. The fraction of sp³-hybridized carbons (Fsp3) is 0.294. The molecule has 124 valence electrons. The maximum atomic E-state index is 12.5. The van der Waals surface area contributed by atoms with E-state index >= 15 is 0 Å². The predicted molar refractivity (Wildman–Crippen MR) is 86.8 cm³/mol. The van der Waals surface area contributed by atoms with Gasteiger partial charge in [0.2, 0.25) is 6.79 Å². The van der Waals surface area contributed by atoms with Gasteiger partial charge in [-0.25, -0.2) is 0 Å². The normalized spacial score (nSPS) is 16.1. The number of ether oxygens (including phenoxy) is 3. The highest BCUT2D eigenvalue weighted by Crippen LogP contribution is 2.35. The third kappa shape index (κ3) is 2.98. The fourth-order valence-corrected chi connectivity index (χ4v) is 2.69. The molecule has 2 aliphatic heterocycles. The second-order valence-electron chi connectivity index (χ2n) is 5.53. The molecule has 3 heterocycles.